The molecule has 1 N–H and O–H groups in total. The lowest BCUT2D eigenvalue weighted by molar-refractivity contribution is -2.00. The quantitative estimate of drug-likeness (QED) is 0.612. The lowest BCUT2D eigenvalue weighted by atomic mass is 10.2. The first-order valence-corrected chi connectivity index (χ1v) is 9.04. The van der Waals surface area contributed by atoms with Crippen molar-refractivity contribution in [2.75, 3.05) is 24.5 Å². The molecule has 2 aromatic carbocycles. The molecule has 8 heteroatoms. The topological polar surface area (TPSA) is 124 Å². The van der Waals surface area contributed by atoms with Gasteiger partial charge in [-0.15, -0.1) is 10.2 Å². The molecule has 1 heterocycles. The van der Waals surface area contributed by atoms with Crippen LogP contribution in [0.4, 0.5) is 11.4 Å². The number of nitrogens with zero attached hydrogens (tertiary/aromatic N) is 2. The Morgan fingerprint density at radius 2 is 1.46 bits per heavy atom. The van der Waals surface area contributed by atoms with Crippen molar-refractivity contribution < 1.29 is 33.8 Å². The molecule has 0 saturated carbocycles. The fourth-order valence-electron chi connectivity index (χ4n) is 2.67. The van der Waals surface area contributed by atoms with Crippen LogP contribution in [0.15, 0.2) is 72.4 Å². The second-order valence-electron chi connectivity index (χ2n) is 5.56. The van der Waals surface area contributed by atoms with E-state index in [1.54, 1.807) is 0 Å². The highest BCUT2D eigenvalue weighted by molar-refractivity contribution is 5.49. The molecule has 0 aromatic heterocycles. The minimum absolute atomic E-state index is 0.677. The molecule has 26 heavy (non-hydrogen) atoms. The van der Waals surface area contributed by atoms with Crippen molar-refractivity contribution in [2.24, 2.45) is 0 Å². The van der Waals surface area contributed by atoms with Crippen molar-refractivity contribution >= 4 is 11.4 Å². The first-order valence-electron chi connectivity index (χ1n) is 7.80. The average molecular weight is 376 g/mol. The molecule has 0 amide bonds. The Labute approximate surface area is 154 Å². The van der Waals surface area contributed by atoms with Gasteiger partial charge in [0.1, 0.15) is 30.1 Å². The zero-order valence-corrected chi connectivity index (χ0v) is 14.6. The Kier molecular flexibility index (Phi) is 7.12. The number of hydrogen-bond acceptors (Lipinski definition) is 6. The third-order valence-electron chi connectivity index (χ3n) is 3.77. The standard InChI is InChI=1S/C18H17N3.ClHO4/c19-13-16-14-20(17-7-3-1-4-8-17)11-12-21(15-16)18-9-5-2-6-10-18;2-1(3,4)5/h1-10,14H,11-12,15H2;(H,2,3,4,5). The molecular formula is C18H18ClN3O4. The molecule has 1 unspecified atom stereocenters. The van der Waals surface area contributed by atoms with E-state index >= 15 is 0 Å². The van der Waals surface area contributed by atoms with Crippen molar-refractivity contribution in [1.82, 2.24) is 0 Å². The monoisotopic (exact) mass is 375 g/mol. The maximum absolute atomic E-state index is 9.39. The molecule has 1 aliphatic heterocycles. The summed E-state index contributed by atoms with van der Waals surface area (Å²) in [5.74, 6) is 0. The van der Waals surface area contributed by atoms with Crippen molar-refractivity contribution in [3.8, 4) is 6.07 Å². The molecule has 1 aliphatic rings. The minimum Gasteiger partial charge on any atom is -0.361 e. The van der Waals surface area contributed by atoms with Crippen LogP contribution in [0.25, 0.3) is 0 Å². The van der Waals surface area contributed by atoms with Gasteiger partial charge >= 0.3 is 0 Å². The summed E-state index contributed by atoms with van der Waals surface area (Å²) in [7, 11) is -4.94. The van der Waals surface area contributed by atoms with Gasteiger partial charge in [-0.05, 0) is 24.3 Å². The molecule has 3 rings (SSSR count). The largest absolute Gasteiger partial charge is 0.361 e. The van der Waals surface area contributed by atoms with E-state index < -0.39 is 10.2 Å². The highest BCUT2D eigenvalue weighted by atomic mass is 35.7. The average Bonchev–Trinajstić information content (AvgIpc) is 2.85. The molecule has 1 atom stereocenters. The molecule has 0 fully saturated rings. The maximum atomic E-state index is 9.39. The third-order valence-corrected chi connectivity index (χ3v) is 3.77. The van der Waals surface area contributed by atoms with E-state index in [2.05, 4.69) is 41.4 Å². The zero-order valence-electron chi connectivity index (χ0n) is 13.9. The second-order valence-corrected chi connectivity index (χ2v) is 6.31. The summed E-state index contributed by atoms with van der Waals surface area (Å²) < 4.78 is 34.0. The summed E-state index contributed by atoms with van der Waals surface area (Å²) in [6.45, 7) is 2.55. The third kappa shape index (κ3) is 6.82. The highest BCUT2D eigenvalue weighted by Crippen LogP contribution is 2.15. The molecule has 2 aromatic rings. The summed E-state index contributed by atoms with van der Waals surface area (Å²) >= 11 is 0. The van der Waals surface area contributed by atoms with Gasteiger partial charge < -0.3 is 4.90 Å². The van der Waals surface area contributed by atoms with Gasteiger partial charge in [-0.1, -0.05) is 36.4 Å². The van der Waals surface area contributed by atoms with Gasteiger partial charge in [-0.3, -0.25) is 4.90 Å². The van der Waals surface area contributed by atoms with E-state index in [1.165, 1.54) is 16.3 Å². The van der Waals surface area contributed by atoms with Crippen LogP contribution in [-0.2, 0) is 0 Å². The van der Waals surface area contributed by atoms with Gasteiger partial charge in [0.25, 0.3) is 0 Å². The van der Waals surface area contributed by atoms with E-state index in [4.69, 9.17) is 18.6 Å². The van der Waals surface area contributed by atoms with Crippen LogP contribution in [0.2, 0.25) is 0 Å². The van der Waals surface area contributed by atoms with E-state index in [9.17, 15) is 5.26 Å². The van der Waals surface area contributed by atoms with Crippen molar-refractivity contribution in [3.05, 3.63) is 72.4 Å². The number of para-hydroxylation sites is 2. The SMILES string of the molecule is N#CC1=C[NH+](c2ccccc2)CCN(c2ccccc2)C1.[O-][Cl+3]([O-])([O-])[O-]. The van der Waals surface area contributed by atoms with Gasteiger partial charge in [0.2, 0.25) is 0 Å². The fourth-order valence-corrected chi connectivity index (χ4v) is 2.67. The van der Waals surface area contributed by atoms with Crippen LogP contribution < -0.4 is 28.4 Å². The molecule has 0 saturated heterocycles. The summed E-state index contributed by atoms with van der Waals surface area (Å²) in [5, 5.41) is 9.39. The fraction of sp³-hybridized carbons (Fsp3) is 0.167. The Morgan fingerprint density at radius 3 is 2.00 bits per heavy atom. The lowest BCUT2D eigenvalue weighted by Crippen LogP contribution is -3.03. The van der Waals surface area contributed by atoms with Gasteiger partial charge in [0.05, 0.1) is 13.1 Å². The normalized spacial score (nSPS) is 17.3. The maximum Gasteiger partial charge on any atom is 0.135 e. The number of anilines is 1. The molecular weight excluding hydrogens is 358 g/mol. The number of rotatable bonds is 2. The first-order chi connectivity index (χ1) is 12.4. The number of benzene rings is 2. The predicted molar refractivity (Wildman–Crippen MR) is 84.3 cm³/mol. The van der Waals surface area contributed by atoms with E-state index in [-0.39, 0.29) is 0 Å². The molecule has 0 bridgehead atoms. The van der Waals surface area contributed by atoms with Crippen molar-refractivity contribution in [2.45, 2.75) is 0 Å². The number of nitriles is 1. The van der Waals surface area contributed by atoms with Crippen LogP contribution in [0.3, 0.4) is 0 Å². The first kappa shape index (κ1) is 19.9. The second kappa shape index (κ2) is 9.31. The lowest BCUT2D eigenvalue weighted by Gasteiger charge is -2.22. The Hall–Kier alpha value is -2.44. The van der Waals surface area contributed by atoms with Gasteiger partial charge in [-0.2, -0.15) is 5.26 Å². The predicted octanol–water partition coefficient (Wildman–Crippen LogP) is -2.63. The van der Waals surface area contributed by atoms with E-state index in [1.807, 2.05) is 36.4 Å². The number of nitrogens with one attached hydrogen (secondary N) is 1. The van der Waals surface area contributed by atoms with Crippen LogP contribution in [0, 0.1) is 21.6 Å². The Bertz CT molecular complexity index is 752. The zero-order chi connectivity index (χ0) is 19.0. The summed E-state index contributed by atoms with van der Waals surface area (Å²) in [6.07, 6.45) is 2.05. The molecule has 0 radical (unpaired) electrons. The van der Waals surface area contributed by atoms with Crippen LogP contribution in [0.5, 0.6) is 0 Å². The van der Waals surface area contributed by atoms with Crippen molar-refractivity contribution in [1.29, 1.82) is 5.26 Å². The number of hydrogen-bond donors (Lipinski definition) is 1. The van der Waals surface area contributed by atoms with Crippen molar-refractivity contribution in [3.63, 3.8) is 0 Å². The number of halogens is 1. The minimum atomic E-state index is -4.94. The summed E-state index contributed by atoms with van der Waals surface area (Å²) in [4.78, 5) is 3.51. The van der Waals surface area contributed by atoms with E-state index in [0.717, 1.165) is 18.7 Å². The van der Waals surface area contributed by atoms with Gasteiger partial charge in [-0.25, -0.2) is 18.6 Å². The molecule has 7 nitrogen and oxygen atoms in total. The summed E-state index contributed by atoms with van der Waals surface area (Å²) in [6, 6.07) is 23.0. The molecule has 0 aliphatic carbocycles. The Balaban J connectivity index is 0.000000431. The van der Waals surface area contributed by atoms with Crippen LogP contribution in [0.1, 0.15) is 0 Å². The highest BCUT2D eigenvalue weighted by Gasteiger charge is 2.20. The van der Waals surface area contributed by atoms with E-state index in [0.29, 0.717) is 6.54 Å². The molecule has 136 valence electrons. The van der Waals surface area contributed by atoms with Gasteiger partial charge in [0.15, 0.2) is 0 Å². The summed E-state index contributed by atoms with van der Waals surface area (Å²) in [5.41, 5.74) is 3.20. The van der Waals surface area contributed by atoms with Gasteiger partial charge in [0, 0.05) is 5.69 Å². The molecule has 0 spiro atoms. The smallest absolute Gasteiger partial charge is 0.135 e. The number of quaternary nitrogens is 1. The van der Waals surface area contributed by atoms with Crippen LogP contribution >= 0.6 is 0 Å². The Morgan fingerprint density at radius 1 is 0.923 bits per heavy atom. The van der Waals surface area contributed by atoms with Crippen LogP contribution in [-0.4, -0.2) is 19.6 Å².